The highest BCUT2D eigenvalue weighted by atomic mass is 29.3. The van der Waals surface area contributed by atoms with Gasteiger partial charge in [-0.2, -0.15) is 0 Å². The lowest BCUT2D eigenvalue weighted by Gasteiger charge is -2.42. The first kappa shape index (κ1) is 29.5. The zero-order chi connectivity index (χ0) is 31.4. The molecule has 0 aliphatic carbocycles. The molecule has 0 saturated carbocycles. The first-order valence-electron chi connectivity index (χ1n) is 15.9. The van der Waals surface area contributed by atoms with Gasteiger partial charge in [-0.05, 0) is 33.7 Å². The summed E-state index contributed by atoms with van der Waals surface area (Å²) in [5, 5.41) is 16.8. The van der Waals surface area contributed by atoms with Crippen LogP contribution < -0.4 is 30.2 Å². The minimum atomic E-state index is -2.06. The van der Waals surface area contributed by atoms with E-state index >= 15 is 0 Å². The van der Waals surface area contributed by atoms with Crippen molar-refractivity contribution in [1.82, 2.24) is 0 Å². The second-order valence-electron chi connectivity index (χ2n) is 14.9. The Bertz CT molecular complexity index is 1860. The maximum absolute atomic E-state index is 6.32. The molecule has 0 radical (unpaired) electrons. The molecule has 0 aromatic heterocycles. The van der Waals surface area contributed by atoms with E-state index in [9.17, 15) is 0 Å². The summed E-state index contributed by atoms with van der Waals surface area (Å²) < 4.78 is 12.6. The third-order valence-corrected chi connectivity index (χ3v) is 47.6. The minimum Gasteiger partial charge on any atom is -0.495 e. The Morgan fingerprint density at radius 1 is 0.341 bits per heavy atom. The lowest BCUT2D eigenvalue weighted by atomic mass is 10.0. The van der Waals surface area contributed by atoms with Crippen LogP contribution in [0.3, 0.4) is 0 Å². The second-order valence-corrected chi connectivity index (χ2v) is 45.1. The van der Waals surface area contributed by atoms with Crippen LogP contribution in [-0.4, -0.2) is 44.6 Å². The minimum absolute atomic E-state index is 1.03. The molecule has 0 unspecified atom stereocenters. The summed E-state index contributed by atoms with van der Waals surface area (Å²) in [6.07, 6.45) is 0. The molecule has 1 aliphatic rings. The van der Waals surface area contributed by atoms with Crippen molar-refractivity contribution < 1.29 is 9.47 Å². The van der Waals surface area contributed by atoms with E-state index < -0.39 is 30.4 Å². The lowest BCUT2D eigenvalue weighted by Crippen LogP contribution is -2.70. The van der Waals surface area contributed by atoms with Gasteiger partial charge in [-0.1, -0.05) is 146 Å². The number of hydrogen-bond donors (Lipinski definition) is 0. The molecular weight excluding hydrogens is 601 g/mol. The van der Waals surface area contributed by atoms with Crippen LogP contribution in [0.25, 0.3) is 43.1 Å². The third kappa shape index (κ3) is 3.68. The number of rotatable bonds is 2. The van der Waals surface area contributed by atoms with Gasteiger partial charge in [-0.25, -0.2) is 0 Å². The van der Waals surface area contributed by atoms with Gasteiger partial charge >= 0.3 is 0 Å². The molecule has 224 valence electrons. The van der Waals surface area contributed by atoms with Crippen molar-refractivity contribution in [3.05, 3.63) is 84.9 Å². The number of methoxy groups -OCH3 is 2. The van der Waals surface area contributed by atoms with E-state index in [0.29, 0.717) is 0 Å². The third-order valence-electron chi connectivity index (χ3n) is 12.2. The summed E-state index contributed by atoms with van der Waals surface area (Å²) >= 11 is 0. The summed E-state index contributed by atoms with van der Waals surface area (Å²) in [5.74, 6) is 2.06. The van der Waals surface area contributed by atoms with E-state index in [1.807, 2.05) is 14.2 Å². The van der Waals surface area contributed by atoms with E-state index in [2.05, 4.69) is 137 Å². The fourth-order valence-electron chi connectivity index (χ4n) is 8.22. The Morgan fingerprint density at radius 3 is 0.773 bits per heavy atom. The first-order chi connectivity index (χ1) is 20.8. The molecule has 7 rings (SSSR count). The van der Waals surface area contributed by atoms with Gasteiger partial charge < -0.3 is 9.47 Å². The van der Waals surface area contributed by atoms with Gasteiger partial charge in [0, 0.05) is 21.5 Å². The molecule has 0 amide bonds. The van der Waals surface area contributed by atoms with Gasteiger partial charge in [0.15, 0.2) is 0 Å². The smallest absolute Gasteiger partial charge is 0.134 e. The average Bonchev–Trinajstić information content (AvgIpc) is 3.00. The van der Waals surface area contributed by atoms with Gasteiger partial charge in [0.25, 0.3) is 0 Å². The summed E-state index contributed by atoms with van der Waals surface area (Å²) in [6.45, 7) is 21.0. The molecule has 0 N–H and O–H groups in total. The maximum Gasteiger partial charge on any atom is 0.134 e. The Kier molecular flexibility index (Phi) is 6.49. The molecule has 0 spiro atoms. The van der Waals surface area contributed by atoms with Crippen LogP contribution in [0.4, 0.5) is 0 Å². The maximum atomic E-state index is 6.32. The molecule has 0 saturated heterocycles. The molecule has 6 aromatic rings. The van der Waals surface area contributed by atoms with Crippen LogP contribution in [0.1, 0.15) is 0 Å². The summed E-state index contributed by atoms with van der Waals surface area (Å²) in [5.41, 5.74) is 0. The van der Waals surface area contributed by atoms with Crippen molar-refractivity contribution in [2.24, 2.45) is 0 Å². The van der Waals surface area contributed by atoms with E-state index in [1.165, 1.54) is 43.1 Å². The highest BCUT2D eigenvalue weighted by Crippen LogP contribution is 2.40. The fourth-order valence-corrected chi connectivity index (χ4v) is 27.2. The van der Waals surface area contributed by atoms with E-state index in [1.54, 1.807) is 20.7 Å². The average molecular weight is 645 g/mol. The monoisotopic (exact) mass is 644 g/mol. The quantitative estimate of drug-likeness (QED) is 0.141. The molecular formula is C38H44O2Si4. The zero-order valence-electron chi connectivity index (χ0n) is 27.9. The van der Waals surface area contributed by atoms with E-state index in [0.717, 1.165) is 11.5 Å². The lowest BCUT2D eigenvalue weighted by molar-refractivity contribution is 0.424. The largest absolute Gasteiger partial charge is 0.495 e. The van der Waals surface area contributed by atoms with Crippen molar-refractivity contribution >= 4 is 94.2 Å². The van der Waals surface area contributed by atoms with Crippen LogP contribution in [0.5, 0.6) is 11.5 Å². The topological polar surface area (TPSA) is 18.5 Å². The molecule has 6 heteroatoms. The number of benzene rings is 6. The Hall–Kier alpha value is -3.17. The molecule has 6 aromatic carbocycles. The van der Waals surface area contributed by atoms with Crippen LogP contribution in [0, 0.1) is 0 Å². The highest BCUT2D eigenvalue weighted by molar-refractivity contribution is 7.51. The van der Waals surface area contributed by atoms with Crippen LogP contribution in [0.2, 0.25) is 52.4 Å². The summed E-state index contributed by atoms with van der Waals surface area (Å²) in [4.78, 5) is 0. The Balaban J connectivity index is 1.77. The predicted molar refractivity (Wildman–Crippen MR) is 204 cm³/mol. The Labute approximate surface area is 265 Å². The molecule has 1 heterocycles. The van der Waals surface area contributed by atoms with Crippen molar-refractivity contribution in [3.8, 4) is 11.5 Å². The summed E-state index contributed by atoms with van der Waals surface area (Å²) in [7, 11) is -4.53. The molecule has 0 atom stereocenters. The van der Waals surface area contributed by atoms with Crippen LogP contribution in [-0.2, 0) is 0 Å². The Morgan fingerprint density at radius 2 is 0.568 bits per heavy atom. The fraction of sp³-hybridized carbons (Fsp3) is 0.263. The molecule has 0 fully saturated rings. The molecule has 44 heavy (non-hydrogen) atoms. The van der Waals surface area contributed by atoms with Crippen molar-refractivity contribution in [2.45, 2.75) is 52.4 Å². The molecule has 2 nitrogen and oxygen atoms in total. The predicted octanol–water partition coefficient (Wildman–Crippen LogP) is 7.85. The van der Waals surface area contributed by atoms with E-state index in [4.69, 9.17) is 9.47 Å². The zero-order valence-corrected chi connectivity index (χ0v) is 31.9. The van der Waals surface area contributed by atoms with E-state index in [-0.39, 0.29) is 0 Å². The standard InChI is InChI=1S/C38H44O2Si4/c1-39-37-25-15-11-19-33-29(25)23-30-26(37)16-12-20-34(30)42(5,6)44(9,10)36-22-14-18-28-32(36)24-31-27(38(28)40-2)17-13-21-35(31)43(7,8)41(33,3)4/h11-24H,1-10H3. The van der Waals surface area contributed by atoms with Gasteiger partial charge in [-0.3, -0.25) is 0 Å². The number of hydrogen-bond acceptors (Lipinski definition) is 2. The van der Waals surface area contributed by atoms with Crippen molar-refractivity contribution in [2.75, 3.05) is 14.2 Å². The van der Waals surface area contributed by atoms with Crippen molar-refractivity contribution in [1.29, 1.82) is 0 Å². The molecule has 4 bridgehead atoms. The molecule has 1 aliphatic heterocycles. The normalized spacial score (nSPS) is 18.0. The van der Waals surface area contributed by atoms with Crippen molar-refractivity contribution in [3.63, 3.8) is 0 Å². The van der Waals surface area contributed by atoms with Gasteiger partial charge in [-0.15, -0.1) is 0 Å². The number of ether oxygens (including phenoxy) is 2. The SMILES string of the molecule is COc1c2cccc3c2cc2c(cccc12)[Si](C)(C)[Si](C)(C)c1cccc2c(OC)c4cccc(c4cc12)[Si](C)(C)[Si]3(C)C. The van der Waals surface area contributed by atoms with Gasteiger partial charge in [0.05, 0.1) is 44.6 Å². The van der Waals surface area contributed by atoms with Gasteiger partial charge in [0.2, 0.25) is 0 Å². The van der Waals surface area contributed by atoms with Gasteiger partial charge in [0.1, 0.15) is 11.5 Å². The van der Waals surface area contributed by atoms with Crippen LogP contribution in [0.15, 0.2) is 84.9 Å². The van der Waals surface area contributed by atoms with Crippen LogP contribution >= 0.6 is 0 Å². The summed E-state index contributed by atoms with van der Waals surface area (Å²) in [6, 6.07) is 33.2. The first-order valence-corrected chi connectivity index (χ1v) is 29.9. The second kappa shape index (κ2) is 9.66. The highest BCUT2D eigenvalue weighted by Gasteiger charge is 2.48.